The lowest BCUT2D eigenvalue weighted by molar-refractivity contribution is 0.100. The van der Waals surface area contributed by atoms with Crippen molar-refractivity contribution in [3.8, 4) is 0 Å². The number of carbonyl (C=O) groups excluding carboxylic acids is 1. The number of nitrogens with two attached hydrogens (primary N) is 1. The van der Waals surface area contributed by atoms with Gasteiger partial charge in [0.25, 0.3) is 0 Å². The summed E-state index contributed by atoms with van der Waals surface area (Å²) in [6.45, 7) is 4.45. The molecule has 1 aliphatic rings. The second-order valence-corrected chi connectivity index (χ2v) is 6.48. The van der Waals surface area contributed by atoms with Crippen molar-refractivity contribution >= 4 is 11.9 Å². The summed E-state index contributed by atoms with van der Waals surface area (Å²) in [5, 5.41) is 6.68. The minimum atomic E-state index is -0.401. The molecule has 1 aromatic carbocycles. The molecule has 1 fully saturated rings. The predicted molar refractivity (Wildman–Crippen MR) is 99.0 cm³/mol. The summed E-state index contributed by atoms with van der Waals surface area (Å²) in [4.78, 5) is 15.7. The highest BCUT2D eigenvalue weighted by Gasteiger charge is 2.13. The number of rotatable bonds is 8. The van der Waals surface area contributed by atoms with Gasteiger partial charge in [0, 0.05) is 18.7 Å². The van der Waals surface area contributed by atoms with Crippen LogP contribution >= 0.6 is 0 Å². The molecule has 2 rings (SSSR count). The van der Waals surface area contributed by atoms with Crippen LogP contribution in [0.3, 0.4) is 0 Å². The zero-order valence-corrected chi connectivity index (χ0v) is 14.7. The average Bonchev–Trinajstić information content (AvgIpc) is 3.10. The second kappa shape index (κ2) is 9.96. The Balaban J connectivity index is 1.77. The van der Waals surface area contributed by atoms with Gasteiger partial charge in [-0.25, -0.2) is 4.99 Å². The fourth-order valence-corrected chi connectivity index (χ4v) is 3.18. The Morgan fingerprint density at radius 3 is 2.54 bits per heavy atom. The third-order valence-corrected chi connectivity index (χ3v) is 4.56. The van der Waals surface area contributed by atoms with Crippen molar-refractivity contribution in [3.05, 3.63) is 35.4 Å². The van der Waals surface area contributed by atoms with E-state index in [0.29, 0.717) is 12.1 Å². The summed E-state index contributed by atoms with van der Waals surface area (Å²) in [6.07, 6.45) is 8.17. The third kappa shape index (κ3) is 6.22. The molecule has 1 aromatic rings. The van der Waals surface area contributed by atoms with Crippen LogP contribution in [0, 0.1) is 5.92 Å². The Morgan fingerprint density at radius 2 is 1.92 bits per heavy atom. The number of hydrogen-bond acceptors (Lipinski definition) is 2. The fourth-order valence-electron chi connectivity index (χ4n) is 3.18. The van der Waals surface area contributed by atoms with Gasteiger partial charge in [-0.3, -0.25) is 4.79 Å². The number of carbonyl (C=O) groups is 1. The van der Waals surface area contributed by atoms with Gasteiger partial charge in [0.15, 0.2) is 5.96 Å². The van der Waals surface area contributed by atoms with E-state index >= 15 is 0 Å². The lowest BCUT2D eigenvalue weighted by Crippen LogP contribution is -2.37. The first-order chi connectivity index (χ1) is 11.7. The number of benzene rings is 1. The molecule has 4 N–H and O–H groups in total. The van der Waals surface area contributed by atoms with E-state index in [1.54, 1.807) is 12.1 Å². The van der Waals surface area contributed by atoms with Gasteiger partial charge in [-0.15, -0.1) is 0 Å². The SMILES string of the molecule is CCNC(=NCc1ccc(C(N)=O)cc1)NCCCC1CCCC1. The molecule has 5 nitrogen and oxygen atoms in total. The first kappa shape index (κ1) is 18.3. The summed E-state index contributed by atoms with van der Waals surface area (Å²) in [5.41, 5.74) is 6.84. The second-order valence-electron chi connectivity index (χ2n) is 6.48. The van der Waals surface area contributed by atoms with Crippen LogP contribution in [0.2, 0.25) is 0 Å². The van der Waals surface area contributed by atoms with Gasteiger partial charge >= 0.3 is 0 Å². The van der Waals surface area contributed by atoms with Gasteiger partial charge in [-0.2, -0.15) is 0 Å². The van der Waals surface area contributed by atoms with Gasteiger partial charge in [0.2, 0.25) is 5.91 Å². The van der Waals surface area contributed by atoms with Gasteiger partial charge in [0.1, 0.15) is 0 Å². The van der Waals surface area contributed by atoms with Crippen molar-refractivity contribution in [3.63, 3.8) is 0 Å². The van der Waals surface area contributed by atoms with Crippen molar-refractivity contribution in [2.45, 2.75) is 52.0 Å². The highest BCUT2D eigenvalue weighted by Crippen LogP contribution is 2.28. The maximum Gasteiger partial charge on any atom is 0.248 e. The van der Waals surface area contributed by atoms with Gasteiger partial charge in [-0.05, 0) is 43.4 Å². The highest BCUT2D eigenvalue weighted by molar-refractivity contribution is 5.92. The van der Waals surface area contributed by atoms with E-state index < -0.39 is 5.91 Å². The quantitative estimate of drug-likeness (QED) is 0.389. The Hall–Kier alpha value is -2.04. The van der Waals surface area contributed by atoms with E-state index in [0.717, 1.165) is 30.5 Å². The molecule has 0 atom stereocenters. The molecule has 132 valence electrons. The zero-order chi connectivity index (χ0) is 17.2. The molecular formula is C19H30N4O. The first-order valence-electron chi connectivity index (χ1n) is 9.10. The Labute approximate surface area is 145 Å². The minimum Gasteiger partial charge on any atom is -0.366 e. The molecule has 0 heterocycles. The molecule has 1 aliphatic carbocycles. The molecule has 24 heavy (non-hydrogen) atoms. The van der Waals surface area contributed by atoms with E-state index in [-0.39, 0.29) is 0 Å². The lowest BCUT2D eigenvalue weighted by atomic mass is 10.0. The van der Waals surface area contributed by atoms with E-state index in [9.17, 15) is 4.79 Å². The van der Waals surface area contributed by atoms with Crippen molar-refractivity contribution in [1.82, 2.24) is 10.6 Å². The first-order valence-corrected chi connectivity index (χ1v) is 9.10. The van der Waals surface area contributed by atoms with Crippen LogP contribution in [-0.2, 0) is 6.54 Å². The highest BCUT2D eigenvalue weighted by atomic mass is 16.1. The van der Waals surface area contributed by atoms with Gasteiger partial charge in [0.05, 0.1) is 6.54 Å². The van der Waals surface area contributed by atoms with Crippen molar-refractivity contribution in [2.75, 3.05) is 13.1 Å². The molecule has 0 saturated heterocycles. The Kier molecular flexibility index (Phi) is 7.59. The molecule has 5 heteroatoms. The van der Waals surface area contributed by atoms with Gasteiger partial charge < -0.3 is 16.4 Å². The summed E-state index contributed by atoms with van der Waals surface area (Å²) < 4.78 is 0. The van der Waals surface area contributed by atoms with Crippen molar-refractivity contribution in [1.29, 1.82) is 0 Å². The average molecular weight is 330 g/mol. The standard InChI is InChI=1S/C19H30N4O/c1-2-21-19(22-13-5-8-15-6-3-4-7-15)23-14-16-9-11-17(12-10-16)18(20)24/h9-12,15H,2-8,13-14H2,1H3,(H2,20,24)(H2,21,22,23). The number of guanidine groups is 1. The molecule has 0 spiro atoms. The summed E-state index contributed by atoms with van der Waals surface area (Å²) >= 11 is 0. The van der Waals surface area contributed by atoms with Crippen molar-refractivity contribution in [2.24, 2.45) is 16.6 Å². The van der Waals surface area contributed by atoms with E-state index in [1.165, 1.54) is 38.5 Å². The molecular weight excluding hydrogens is 300 g/mol. The lowest BCUT2D eigenvalue weighted by Gasteiger charge is -2.13. The topological polar surface area (TPSA) is 79.5 Å². The van der Waals surface area contributed by atoms with Crippen LogP contribution in [0.25, 0.3) is 0 Å². The number of nitrogens with one attached hydrogen (secondary N) is 2. The van der Waals surface area contributed by atoms with Crippen LogP contribution in [0.5, 0.6) is 0 Å². The predicted octanol–water partition coefficient (Wildman–Crippen LogP) is 2.81. The number of amides is 1. The summed E-state index contributed by atoms with van der Waals surface area (Å²) in [7, 11) is 0. The number of primary amides is 1. The summed E-state index contributed by atoms with van der Waals surface area (Å²) in [6, 6.07) is 7.28. The Bertz CT molecular complexity index is 533. The largest absolute Gasteiger partial charge is 0.366 e. The number of nitrogens with zero attached hydrogens (tertiary/aromatic N) is 1. The van der Waals surface area contributed by atoms with E-state index in [1.807, 2.05) is 12.1 Å². The van der Waals surface area contributed by atoms with Gasteiger partial charge in [-0.1, -0.05) is 37.8 Å². The van der Waals surface area contributed by atoms with Crippen LogP contribution in [0.4, 0.5) is 0 Å². The normalized spacial score (nSPS) is 15.5. The molecule has 0 aromatic heterocycles. The smallest absolute Gasteiger partial charge is 0.248 e. The van der Waals surface area contributed by atoms with Crippen LogP contribution in [0.1, 0.15) is 61.4 Å². The minimum absolute atomic E-state index is 0.401. The molecule has 0 aliphatic heterocycles. The zero-order valence-electron chi connectivity index (χ0n) is 14.7. The third-order valence-electron chi connectivity index (χ3n) is 4.56. The molecule has 1 amide bonds. The number of aliphatic imine (C=N–C) groups is 1. The van der Waals surface area contributed by atoms with E-state index in [2.05, 4.69) is 22.5 Å². The van der Waals surface area contributed by atoms with Crippen LogP contribution in [-0.4, -0.2) is 25.0 Å². The maximum absolute atomic E-state index is 11.1. The van der Waals surface area contributed by atoms with Crippen molar-refractivity contribution < 1.29 is 4.79 Å². The van der Waals surface area contributed by atoms with Crippen LogP contribution in [0.15, 0.2) is 29.3 Å². The summed E-state index contributed by atoms with van der Waals surface area (Å²) in [5.74, 6) is 1.39. The number of hydrogen-bond donors (Lipinski definition) is 3. The molecule has 0 radical (unpaired) electrons. The van der Waals surface area contributed by atoms with E-state index in [4.69, 9.17) is 5.73 Å². The van der Waals surface area contributed by atoms with Crippen LogP contribution < -0.4 is 16.4 Å². The molecule has 0 unspecified atom stereocenters. The Morgan fingerprint density at radius 1 is 1.21 bits per heavy atom. The molecule has 1 saturated carbocycles. The fraction of sp³-hybridized carbons (Fsp3) is 0.579. The molecule has 0 bridgehead atoms. The monoisotopic (exact) mass is 330 g/mol. The maximum atomic E-state index is 11.1.